The molecule has 0 aliphatic carbocycles. The number of unbranched alkanes of at least 4 members (excludes halogenated alkanes) is 1. The molecule has 0 fully saturated rings. The molecule has 0 bridgehead atoms. The maximum atomic E-state index is 12.0. The number of nitrogens with one attached hydrogen (secondary N) is 1. The van der Waals surface area contributed by atoms with Gasteiger partial charge < -0.3 is 15.3 Å². The third-order valence-electron chi connectivity index (χ3n) is 2.93. The average Bonchev–Trinajstić information content (AvgIpc) is 2.51. The Bertz CT molecular complexity index is 459. The molecule has 2 rings (SSSR count). The fourth-order valence-electron chi connectivity index (χ4n) is 2.01. The minimum Gasteiger partial charge on any atom is -0.396 e. The van der Waals surface area contributed by atoms with Gasteiger partial charge in [0.2, 0.25) is 5.91 Å². The lowest BCUT2D eigenvalue weighted by molar-refractivity contribution is -0.117. The number of aliphatic hydroxyl groups excluding tert-OH is 1. The molecule has 0 unspecified atom stereocenters. The summed E-state index contributed by atoms with van der Waals surface area (Å²) < 4.78 is 0. The van der Waals surface area contributed by atoms with Crippen LogP contribution in [0, 0.1) is 0 Å². The zero-order valence-corrected chi connectivity index (χ0v) is 10.1. The van der Waals surface area contributed by atoms with E-state index < -0.39 is 0 Å². The van der Waals surface area contributed by atoms with Crippen LogP contribution in [0.1, 0.15) is 23.2 Å². The Kier molecular flexibility index (Phi) is 3.94. The van der Waals surface area contributed by atoms with E-state index in [0.29, 0.717) is 30.6 Å². The Morgan fingerprint density at radius 2 is 2.00 bits per heavy atom. The third-order valence-corrected chi connectivity index (χ3v) is 2.93. The van der Waals surface area contributed by atoms with E-state index >= 15 is 0 Å². The fourth-order valence-corrected chi connectivity index (χ4v) is 2.01. The molecule has 0 aromatic heterocycles. The molecule has 5 nitrogen and oxygen atoms in total. The van der Waals surface area contributed by atoms with Crippen molar-refractivity contribution in [3.05, 3.63) is 29.8 Å². The fraction of sp³-hybridized carbons (Fsp3) is 0.385. The molecule has 2 amide bonds. The number of nitrogens with zero attached hydrogens (tertiary/aromatic N) is 1. The van der Waals surface area contributed by atoms with Crippen LogP contribution in [-0.2, 0) is 4.79 Å². The van der Waals surface area contributed by atoms with E-state index in [-0.39, 0.29) is 25.0 Å². The summed E-state index contributed by atoms with van der Waals surface area (Å²) in [5.74, 6) is -0.338. The number of fused-ring (bicyclic) bond motifs is 1. The lowest BCUT2D eigenvalue weighted by atomic mass is 10.1. The van der Waals surface area contributed by atoms with E-state index in [0.717, 1.165) is 0 Å². The molecule has 0 saturated heterocycles. The van der Waals surface area contributed by atoms with Crippen molar-refractivity contribution in [1.82, 2.24) is 5.32 Å². The summed E-state index contributed by atoms with van der Waals surface area (Å²) in [6.07, 6.45) is 1.36. The molecule has 18 heavy (non-hydrogen) atoms. The summed E-state index contributed by atoms with van der Waals surface area (Å²) in [7, 11) is 0. The Balaban J connectivity index is 2.28. The van der Waals surface area contributed by atoms with Crippen molar-refractivity contribution >= 4 is 17.5 Å². The highest BCUT2D eigenvalue weighted by Crippen LogP contribution is 2.22. The number of carbonyl (C=O) groups is 2. The molecule has 0 atom stereocenters. The number of hydrogen-bond donors (Lipinski definition) is 2. The molecule has 96 valence electrons. The minimum atomic E-state index is -0.219. The topological polar surface area (TPSA) is 69.6 Å². The van der Waals surface area contributed by atoms with Gasteiger partial charge in [-0.3, -0.25) is 9.59 Å². The number of para-hydroxylation sites is 1. The first kappa shape index (κ1) is 12.6. The van der Waals surface area contributed by atoms with E-state index in [4.69, 9.17) is 5.11 Å². The second-order valence-corrected chi connectivity index (χ2v) is 4.18. The number of hydrogen-bond acceptors (Lipinski definition) is 3. The van der Waals surface area contributed by atoms with Gasteiger partial charge in [-0.15, -0.1) is 0 Å². The second kappa shape index (κ2) is 5.64. The highest BCUT2D eigenvalue weighted by molar-refractivity contribution is 6.09. The lowest BCUT2D eigenvalue weighted by Gasteiger charge is -2.21. The van der Waals surface area contributed by atoms with E-state index in [1.165, 1.54) is 0 Å². The molecule has 1 aliphatic heterocycles. The van der Waals surface area contributed by atoms with Gasteiger partial charge >= 0.3 is 0 Å². The molecule has 5 heteroatoms. The summed E-state index contributed by atoms with van der Waals surface area (Å²) in [6, 6.07) is 7.07. The number of rotatable bonds is 4. The van der Waals surface area contributed by atoms with Gasteiger partial charge in [0.05, 0.1) is 17.8 Å². The van der Waals surface area contributed by atoms with Crippen LogP contribution in [0.25, 0.3) is 0 Å². The van der Waals surface area contributed by atoms with E-state index in [1.807, 2.05) is 6.07 Å². The van der Waals surface area contributed by atoms with Gasteiger partial charge in [-0.05, 0) is 25.0 Å². The molecule has 1 aromatic carbocycles. The maximum absolute atomic E-state index is 12.0. The highest BCUT2D eigenvalue weighted by atomic mass is 16.3. The average molecular weight is 248 g/mol. The Morgan fingerprint density at radius 1 is 1.22 bits per heavy atom. The van der Waals surface area contributed by atoms with Crippen molar-refractivity contribution in [2.75, 3.05) is 24.6 Å². The van der Waals surface area contributed by atoms with Crippen molar-refractivity contribution in [1.29, 1.82) is 0 Å². The third kappa shape index (κ3) is 2.51. The number of carbonyl (C=O) groups excluding carboxylic acids is 2. The van der Waals surface area contributed by atoms with Crippen LogP contribution in [0.3, 0.4) is 0 Å². The quantitative estimate of drug-likeness (QED) is 0.764. The summed E-state index contributed by atoms with van der Waals surface area (Å²) in [6.45, 7) is 0.652. The van der Waals surface area contributed by atoms with Crippen molar-refractivity contribution < 1.29 is 14.7 Å². The lowest BCUT2D eigenvalue weighted by Crippen LogP contribution is -2.37. The summed E-state index contributed by atoms with van der Waals surface area (Å²) >= 11 is 0. The summed E-state index contributed by atoms with van der Waals surface area (Å²) in [5.41, 5.74) is 1.17. The molecule has 2 N–H and O–H groups in total. The van der Waals surface area contributed by atoms with Crippen LogP contribution in [0.2, 0.25) is 0 Å². The van der Waals surface area contributed by atoms with Crippen LogP contribution < -0.4 is 10.2 Å². The molecule has 0 spiro atoms. The number of anilines is 1. The van der Waals surface area contributed by atoms with Gasteiger partial charge in [0.1, 0.15) is 0 Å². The predicted molar refractivity (Wildman–Crippen MR) is 67.4 cm³/mol. The van der Waals surface area contributed by atoms with Crippen LogP contribution in [0.4, 0.5) is 5.69 Å². The van der Waals surface area contributed by atoms with Gasteiger partial charge in [0.25, 0.3) is 5.91 Å². The van der Waals surface area contributed by atoms with Gasteiger partial charge in [0.15, 0.2) is 0 Å². The van der Waals surface area contributed by atoms with E-state index in [1.54, 1.807) is 23.1 Å². The number of amides is 2. The van der Waals surface area contributed by atoms with Crippen molar-refractivity contribution in [2.45, 2.75) is 12.8 Å². The van der Waals surface area contributed by atoms with Crippen molar-refractivity contribution in [2.24, 2.45) is 0 Å². The zero-order valence-electron chi connectivity index (χ0n) is 10.1. The van der Waals surface area contributed by atoms with Crippen molar-refractivity contribution in [3.63, 3.8) is 0 Å². The van der Waals surface area contributed by atoms with Gasteiger partial charge in [-0.25, -0.2) is 0 Å². The number of benzene rings is 1. The SMILES string of the molecule is O=C1NCC(=O)N(CCCCO)c2ccccc21. The van der Waals surface area contributed by atoms with Crippen LogP contribution in [-0.4, -0.2) is 36.6 Å². The van der Waals surface area contributed by atoms with Gasteiger partial charge in [0, 0.05) is 13.2 Å². The Hall–Kier alpha value is -1.88. The largest absolute Gasteiger partial charge is 0.396 e. The standard InChI is InChI=1S/C13H16N2O3/c16-8-4-3-7-15-11-6-2-1-5-10(11)13(18)14-9-12(15)17/h1-2,5-6,16H,3-4,7-9H2,(H,14,18). The number of aliphatic hydroxyl groups is 1. The molecule has 0 radical (unpaired) electrons. The first-order chi connectivity index (χ1) is 8.74. The predicted octanol–water partition coefficient (Wildman–Crippen LogP) is 0.535. The molecule has 1 heterocycles. The van der Waals surface area contributed by atoms with Crippen LogP contribution in [0.5, 0.6) is 0 Å². The van der Waals surface area contributed by atoms with E-state index in [2.05, 4.69) is 5.32 Å². The first-order valence-electron chi connectivity index (χ1n) is 6.02. The minimum absolute atomic E-state index is 0.0205. The summed E-state index contributed by atoms with van der Waals surface area (Å²) in [4.78, 5) is 25.4. The molecule has 0 saturated carbocycles. The zero-order chi connectivity index (χ0) is 13.0. The Morgan fingerprint density at radius 3 is 2.78 bits per heavy atom. The highest BCUT2D eigenvalue weighted by Gasteiger charge is 2.25. The molecule has 1 aromatic rings. The van der Waals surface area contributed by atoms with Gasteiger partial charge in [-0.1, -0.05) is 12.1 Å². The summed E-state index contributed by atoms with van der Waals surface area (Å²) in [5, 5.41) is 11.4. The van der Waals surface area contributed by atoms with Crippen LogP contribution >= 0.6 is 0 Å². The molecular weight excluding hydrogens is 232 g/mol. The monoisotopic (exact) mass is 248 g/mol. The Labute approximate surface area is 105 Å². The first-order valence-corrected chi connectivity index (χ1v) is 6.02. The van der Waals surface area contributed by atoms with Crippen molar-refractivity contribution in [3.8, 4) is 0 Å². The smallest absolute Gasteiger partial charge is 0.253 e. The maximum Gasteiger partial charge on any atom is 0.253 e. The second-order valence-electron chi connectivity index (χ2n) is 4.18. The van der Waals surface area contributed by atoms with Crippen LogP contribution in [0.15, 0.2) is 24.3 Å². The molecule has 1 aliphatic rings. The van der Waals surface area contributed by atoms with E-state index in [9.17, 15) is 9.59 Å². The molecular formula is C13H16N2O3. The normalized spacial score (nSPS) is 15.1. The van der Waals surface area contributed by atoms with Gasteiger partial charge in [-0.2, -0.15) is 0 Å².